The van der Waals surface area contributed by atoms with Crippen molar-refractivity contribution >= 4 is 23.5 Å². The summed E-state index contributed by atoms with van der Waals surface area (Å²) in [6, 6.07) is 7.45. The molecule has 6 aliphatic rings. The normalized spacial score (nSPS) is 40.2. The topological polar surface area (TPSA) is 150 Å². The van der Waals surface area contributed by atoms with Crippen LogP contribution in [0.5, 0.6) is 0 Å². The number of hydrogen-bond acceptors (Lipinski definition) is 10. The van der Waals surface area contributed by atoms with Gasteiger partial charge >= 0.3 is 11.9 Å². The van der Waals surface area contributed by atoms with E-state index in [-0.39, 0.29) is 36.6 Å². The summed E-state index contributed by atoms with van der Waals surface area (Å²) in [5, 5.41) is 26.2. The zero-order chi connectivity index (χ0) is 40.5. The average Bonchev–Trinajstić information content (AvgIpc) is 3.81. The van der Waals surface area contributed by atoms with Crippen molar-refractivity contribution in [2.24, 2.45) is 23.7 Å². The lowest BCUT2D eigenvalue weighted by molar-refractivity contribution is -0.332. The quantitative estimate of drug-likeness (QED) is 0.208. The number of carbonyl (C=O) groups excluding carboxylic acids is 3. The summed E-state index contributed by atoms with van der Waals surface area (Å²) in [5.41, 5.74) is 0.597. The first-order chi connectivity index (χ1) is 27.3. The molecule has 0 aromatic heterocycles. The van der Waals surface area contributed by atoms with Crippen molar-refractivity contribution < 1.29 is 48.3 Å². The molecule has 57 heavy (non-hydrogen) atoms. The Labute approximate surface area is 336 Å². The number of ether oxygens (including phenoxy) is 5. The highest BCUT2D eigenvalue weighted by Gasteiger charge is 2.57. The molecule has 1 aromatic rings. The molecule has 11 atom stereocenters. The molecule has 1 spiro atoms. The van der Waals surface area contributed by atoms with Crippen molar-refractivity contribution in [2.45, 2.75) is 146 Å². The molecule has 3 heterocycles. The Morgan fingerprint density at radius 3 is 2.46 bits per heavy atom. The van der Waals surface area contributed by atoms with Gasteiger partial charge in [-0.25, -0.2) is 0 Å². The molecule has 4 fully saturated rings. The summed E-state index contributed by atoms with van der Waals surface area (Å²) in [4.78, 5) is 40.8. The SMILES string of the molecule is COCC(=O)Nc1ccc(C2(C(=O)O[C@H]3/C(C)=C/C[C@@H]4C[C@@H](C[C@]5(CC[C@H](C)[C@@H](C)O5)O4)OC(=O)[C@@H]4C=C[C@@H](O)[C@H]5CC/C(=C\C=C\[C@@H]3C)[C@]54O)CCCC2)cc1. The summed E-state index contributed by atoms with van der Waals surface area (Å²) in [7, 11) is 1.47. The van der Waals surface area contributed by atoms with Crippen LogP contribution in [0, 0.1) is 23.7 Å². The van der Waals surface area contributed by atoms with Crippen LogP contribution in [0.1, 0.15) is 104 Å². The Hall–Kier alpha value is -3.61. The third-order valence-electron chi connectivity index (χ3n) is 13.8. The number of methoxy groups -OCH3 is 1. The number of anilines is 1. The molecule has 1 aromatic carbocycles. The van der Waals surface area contributed by atoms with E-state index >= 15 is 0 Å². The summed E-state index contributed by atoms with van der Waals surface area (Å²) in [6.07, 6.45) is 15.7. The number of nitrogens with one attached hydrogen (secondary N) is 1. The van der Waals surface area contributed by atoms with Crippen molar-refractivity contribution in [3.8, 4) is 0 Å². The lowest BCUT2D eigenvalue weighted by atomic mass is 9.70. The molecular formula is C46H61NO10. The van der Waals surface area contributed by atoms with Gasteiger partial charge in [-0.3, -0.25) is 14.4 Å². The van der Waals surface area contributed by atoms with E-state index < -0.39 is 52.9 Å². The number of rotatable bonds is 6. The Kier molecular flexibility index (Phi) is 12.3. The van der Waals surface area contributed by atoms with Crippen molar-refractivity contribution in [3.63, 3.8) is 0 Å². The zero-order valence-corrected chi connectivity index (χ0v) is 34.1. The highest BCUT2D eigenvalue weighted by Crippen LogP contribution is 2.51. The molecule has 3 aliphatic heterocycles. The first-order valence-corrected chi connectivity index (χ1v) is 21.1. The van der Waals surface area contributed by atoms with Crippen LogP contribution in [0.2, 0.25) is 0 Å². The number of amides is 1. The van der Waals surface area contributed by atoms with E-state index in [1.807, 2.05) is 56.3 Å². The van der Waals surface area contributed by atoms with E-state index in [4.69, 9.17) is 23.7 Å². The molecule has 0 radical (unpaired) electrons. The average molecular weight is 788 g/mol. The molecule has 11 nitrogen and oxygen atoms in total. The lowest BCUT2D eigenvalue weighted by Gasteiger charge is -2.49. The fourth-order valence-corrected chi connectivity index (χ4v) is 10.4. The minimum Gasteiger partial charge on any atom is -0.462 e. The van der Waals surface area contributed by atoms with Gasteiger partial charge in [0.2, 0.25) is 5.91 Å². The summed E-state index contributed by atoms with van der Waals surface area (Å²) < 4.78 is 31.3. The second-order valence-corrected chi connectivity index (χ2v) is 17.6. The number of fused-ring (bicyclic) bond motifs is 2. The Morgan fingerprint density at radius 2 is 1.74 bits per heavy atom. The predicted octanol–water partition coefficient (Wildman–Crippen LogP) is 6.77. The molecule has 1 amide bonds. The first kappa shape index (κ1) is 41.5. The summed E-state index contributed by atoms with van der Waals surface area (Å²) in [6.45, 7) is 8.19. The molecule has 2 saturated heterocycles. The number of esters is 2. The van der Waals surface area contributed by atoms with Gasteiger partial charge in [0, 0.05) is 43.9 Å². The van der Waals surface area contributed by atoms with Gasteiger partial charge < -0.3 is 39.2 Å². The van der Waals surface area contributed by atoms with Crippen LogP contribution in [-0.2, 0) is 43.5 Å². The molecule has 0 unspecified atom stereocenters. The summed E-state index contributed by atoms with van der Waals surface area (Å²) >= 11 is 0. The lowest BCUT2D eigenvalue weighted by Crippen LogP contribution is -2.55. The number of carbonyl (C=O) groups is 3. The molecule has 3 aliphatic carbocycles. The fraction of sp³-hybridized carbons (Fsp3) is 0.630. The first-order valence-electron chi connectivity index (χ1n) is 21.1. The molecule has 3 N–H and O–H groups in total. The maximum Gasteiger partial charge on any atom is 0.317 e. The van der Waals surface area contributed by atoms with Crippen molar-refractivity contribution in [1.29, 1.82) is 0 Å². The minimum atomic E-state index is -1.61. The Balaban J connectivity index is 1.22. The second-order valence-electron chi connectivity index (χ2n) is 17.6. The highest BCUT2D eigenvalue weighted by atomic mass is 16.7. The monoisotopic (exact) mass is 787 g/mol. The van der Waals surface area contributed by atoms with Gasteiger partial charge in [-0.15, -0.1) is 0 Å². The number of hydrogen-bond donors (Lipinski definition) is 3. The standard InChI is InChI=1S/C46H61NO10/c1-28-21-24-45(56-31(28)4)26-36-25-35(57-45)17-11-30(3)41(29(2)9-8-10-33-14-18-37-39(48)20-19-38(42(50)54-36)46(33,37)52)55-43(51)44(22-6-7-23-44)32-12-15-34(16-13-32)47-40(49)27-53-5/h8-13,15-16,19-20,28-29,31,35-39,41,48,52H,6-7,14,17-18,21-27H2,1-5H3,(H,47,49)/b9-8+,30-11+,33-10+/t28-,29-,31+,35+,36-,37+,38-,39+,41+,45-,46-/m0/s1. The van der Waals surface area contributed by atoms with Crippen molar-refractivity contribution in [2.75, 3.05) is 19.0 Å². The second kappa shape index (κ2) is 16.9. The van der Waals surface area contributed by atoms with Crippen LogP contribution in [-0.4, -0.2) is 83.7 Å². The van der Waals surface area contributed by atoms with E-state index in [0.29, 0.717) is 68.5 Å². The Bertz CT molecular complexity index is 1780. The number of allylic oxidation sites excluding steroid dienone is 2. The van der Waals surface area contributed by atoms with Gasteiger partial charge in [0.15, 0.2) is 5.79 Å². The predicted molar refractivity (Wildman–Crippen MR) is 214 cm³/mol. The summed E-state index contributed by atoms with van der Waals surface area (Å²) in [5.74, 6) is -3.38. The number of aliphatic hydroxyl groups excluding tert-OH is 1. The number of benzene rings is 1. The number of aliphatic hydroxyl groups is 2. The minimum absolute atomic E-state index is 0.0376. The van der Waals surface area contributed by atoms with Gasteiger partial charge in [0.05, 0.1) is 23.7 Å². The van der Waals surface area contributed by atoms with E-state index in [9.17, 15) is 24.6 Å². The third-order valence-corrected chi connectivity index (χ3v) is 13.8. The van der Waals surface area contributed by atoms with Gasteiger partial charge in [-0.05, 0) is 87.1 Å². The van der Waals surface area contributed by atoms with E-state index in [1.54, 1.807) is 12.2 Å². The van der Waals surface area contributed by atoms with Crippen LogP contribution in [0.15, 0.2) is 71.9 Å². The molecular weight excluding hydrogens is 727 g/mol. The van der Waals surface area contributed by atoms with Crippen molar-refractivity contribution in [3.05, 3.63) is 77.4 Å². The third kappa shape index (κ3) is 8.33. The van der Waals surface area contributed by atoms with Gasteiger partial charge in [0.1, 0.15) is 30.3 Å². The molecule has 7 rings (SSSR count). The van der Waals surface area contributed by atoms with Crippen LogP contribution in [0.3, 0.4) is 0 Å². The van der Waals surface area contributed by atoms with E-state index in [0.717, 1.165) is 30.4 Å². The van der Waals surface area contributed by atoms with Gasteiger partial charge in [0.25, 0.3) is 0 Å². The Morgan fingerprint density at radius 1 is 0.982 bits per heavy atom. The zero-order valence-electron chi connectivity index (χ0n) is 34.1. The molecule has 310 valence electrons. The smallest absolute Gasteiger partial charge is 0.317 e. The molecule has 11 heteroatoms. The van der Waals surface area contributed by atoms with Gasteiger partial charge in [-0.2, -0.15) is 0 Å². The molecule has 2 bridgehead atoms. The van der Waals surface area contributed by atoms with Crippen LogP contribution in [0.25, 0.3) is 0 Å². The van der Waals surface area contributed by atoms with Crippen LogP contribution >= 0.6 is 0 Å². The largest absolute Gasteiger partial charge is 0.462 e. The van der Waals surface area contributed by atoms with Crippen molar-refractivity contribution in [1.82, 2.24) is 0 Å². The maximum absolute atomic E-state index is 14.6. The maximum atomic E-state index is 14.6. The van der Waals surface area contributed by atoms with Gasteiger partial charge in [-0.1, -0.05) is 75.3 Å². The van der Waals surface area contributed by atoms with Crippen LogP contribution in [0.4, 0.5) is 5.69 Å². The van der Waals surface area contributed by atoms with E-state index in [2.05, 4.69) is 25.2 Å². The highest BCUT2D eigenvalue weighted by molar-refractivity contribution is 5.92. The van der Waals surface area contributed by atoms with E-state index in [1.165, 1.54) is 7.11 Å². The fourth-order valence-electron chi connectivity index (χ4n) is 10.4. The molecule has 2 saturated carbocycles. The van der Waals surface area contributed by atoms with Crippen LogP contribution < -0.4 is 5.32 Å².